The van der Waals surface area contributed by atoms with E-state index in [1.807, 2.05) is 11.8 Å². The van der Waals surface area contributed by atoms with E-state index in [2.05, 4.69) is 11.6 Å². The minimum atomic E-state index is -0.786. The van der Waals surface area contributed by atoms with E-state index >= 15 is 0 Å². The summed E-state index contributed by atoms with van der Waals surface area (Å²) in [6.45, 7) is 1.52. The van der Waals surface area contributed by atoms with Crippen molar-refractivity contribution in [1.82, 2.24) is 5.32 Å². The fraction of sp³-hybridized carbons (Fsp3) is 0.538. The highest BCUT2D eigenvalue weighted by Crippen LogP contribution is 2.08. The van der Waals surface area contributed by atoms with Gasteiger partial charge in [0.15, 0.2) is 11.6 Å². The predicted octanol–water partition coefficient (Wildman–Crippen LogP) is 3.59. The lowest BCUT2D eigenvalue weighted by Gasteiger charge is -2.05. The first-order valence-corrected chi connectivity index (χ1v) is 7.27. The second-order valence-corrected chi connectivity index (χ2v) is 4.96. The highest BCUT2D eigenvalue weighted by atomic mass is 32.2. The quantitative estimate of drug-likeness (QED) is 0.716. The van der Waals surface area contributed by atoms with Gasteiger partial charge in [0.1, 0.15) is 0 Å². The van der Waals surface area contributed by atoms with Crippen LogP contribution in [0.3, 0.4) is 0 Å². The molecule has 0 saturated heterocycles. The summed E-state index contributed by atoms with van der Waals surface area (Å²) in [6, 6.07) is 4.03. The van der Waals surface area contributed by atoms with Gasteiger partial charge in [-0.1, -0.05) is 12.5 Å². The molecule has 0 aliphatic heterocycles. The van der Waals surface area contributed by atoms with Crippen molar-refractivity contribution in [3.05, 3.63) is 35.4 Å². The van der Waals surface area contributed by atoms with Crippen LogP contribution in [-0.2, 0) is 6.54 Å². The Balaban J connectivity index is 2.11. The SMILES string of the molecule is CSCCCCCNCc1ccc(F)c(F)c1. The van der Waals surface area contributed by atoms with Crippen molar-refractivity contribution in [3.8, 4) is 0 Å². The average Bonchev–Trinajstić information content (AvgIpc) is 2.32. The van der Waals surface area contributed by atoms with Crippen LogP contribution in [0.1, 0.15) is 24.8 Å². The molecule has 0 heterocycles. The van der Waals surface area contributed by atoms with Crippen molar-refractivity contribution >= 4 is 11.8 Å². The zero-order valence-electron chi connectivity index (χ0n) is 10.1. The van der Waals surface area contributed by atoms with Gasteiger partial charge in [0.25, 0.3) is 0 Å². The molecule has 1 aromatic carbocycles. The van der Waals surface area contributed by atoms with Crippen molar-refractivity contribution in [2.75, 3.05) is 18.6 Å². The van der Waals surface area contributed by atoms with Gasteiger partial charge < -0.3 is 5.32 Å². The molecule has 96 valence electrons. The number of unbranched alkanes of at least 4 members (excludes halogenated alkanes) is 2. The standard InChI is InChI=1S/C13H19F2NS/c1-17-8-4-2-3-7-16-10-11-5-6-12(14)13(15)9-11/h5-6,9,16H,2-4,7-8,10H2,1H3. The zero-order chi connectivity index (χ0) is 12.5. The summed E-state index contributed by atoms with van der Waals surface area (Å²) >= 11 is 1.87. The van der Waals surface area contributed by atoms with Gasteiger partial charge in [0, 0.05) is 6.54 Å². The smallest absolute Gasteiger partial charge is 0.159 e. The molecule has 0 atom stereocenters. The van der Waals surface area contributed by atoms with Crippen LogP contribution >= 0.6 is 11.8 Å². The van der Waals surface area contributed by atoms with Gasteiger partial charge in [-0.05, 0) is 49.1 Å². The first kappa shape index (κ1) is 14.5. The molecule has 0 aromatic heterocycles. The third kappa shape index (κ3) is 6.03. The maximum absolute atomic E-state index is 12.9. The Morgan fingerprint density at radius 2 is 1.94 bits per heavy atom. The summed E-state index contributed by atoms with van der Waals surface area (Å²) in [5.41, 5.74) is 0.785. The molecule has 0 radical (unpaired) electrons. The number of nitrogens with one attached hydrogen (secondary N) is 1. The number of halogens is 2. The first-order valence-electron chi connectivity index (χ1n) is 5.87. The van der Waals surface area contributed by atoms with Crippen LogP contribution in [0.5, 0.6) is 0 Å². The fourth-order valence-corrected chi connectivity index (χ4v) is 2.05. The van der Waals surface area contributed by atoms with E-state index in [1.165, 1.54) is 30.7 Å². The van der Waals surface area contributed by atoms with E-state index < -0.39 is 11.6 Å². The molecule has 0 unspecified atom stereocenters. The number of benzene rings is 1. The highest BCUT2D eigenvalue weighted by molar-refractivity contribution is 7.98. The van der Waals surface area contributed by atoms with Crippen LogP contribution in [0.15, 0.2) is 18.2 Å². The Labute approximate surface area is 106 Å². The summed E-state index contributed by atoms with van der Waals surface area (Å²) < 4.78 is 25.6. The van der Waals surface area contributed by atoms with E-state index in [0.717, 1.165) is 18.5 Å². The van der Waals surface area contributed by atoms with Crippen LogP contribution in [0.4, 0.5) is 8.78 Å². The molecule has 0 aliphatic carbocycles. The molecule has 1 N–H and O–H groups in total. The monoisotopic (exact) mass is 259 g/mol. The number of thioether (sulfide) groups is 1. The second-order valence-electron chi connectivity index (χ2n) is 3.98. The van der Waals surface area contributed by atoms with Gasteiger partial charge in [-0.25, -0.2) is 8.78 Å². The zero-order valence-corrected chi connectivity index (χ0v) is 11.0. The summed E-state index contributed by atoms with van der Waals surface area (Å²) in [5, 5.41) is 3.23. The summed E-state index contributed by atoms with van der Waals surface area (Å²) in [4.78, 5) is 0. The third-order valence-corrected chi connectivity index (χ3v) is 3.21. The van der Waals surface area contributed by atoms with Crippen molar-refractivity contribution in [2.45, 2.75) is 25.8 Å². The minimum Gasteiger partial charge on any atom is -0.313 e. The molecule has 17 heavy (non-hydrogen) atoms. The van der Waals surface area contributed by atoms with Gasteiger partial charge >= 0.3 is 0 Å². The van der Waals surface area contributed by atoms with Gasteiger partial charge in [-0.15, -0.1) is 0 Å². The molecule has 4 heteroatoms. The fourth-order valence-electron chi connectivity index (χ4n) is 1.56. The molecule has 0 saturated carbocycles. The minimum absolute atomic E-state index is 0.597. The van der Waals surface area contributed by atoms with Gasteiger partial charge in [0.05, 0.1) is 0 Å². The van der Waals surface area contributed by atoms with E-state index in [4.69, 9.17) is 0 Å². The van der Waals surface area contributed by atoms with E-state index in [9.17, 15) is 8.78 Å². The lowest BCUT2D eigenvalue weighted by Crippen LogP contribution is -2.14. The van der Waals surface area contributed by atoms with Gasteiger partial charge in [0.2, 0.25) is 0 Å². The summed E-state index contributed by atoms with van der Waals surface area (Å²) in [7, 11) is 0. The van der Waals surface area contributed by atoms with E-state index in [1.54, 1.807) is 6.07 Å². The molecule has 1 aromatic rings. The molecule has 0 spiro atoms. The number of rotatable bonds is 8. The maximum atomic E-state index is 12.9. The molecule has 1 rings (SSSR count). The average molecular weight is 259 g/mol. The highest BCUT2D eigenvalue weighted by Gasteiger charge is 2.01. The normalized spacial score (nSPS) is 10.8. The van der Waals surface area contributed by atoms with Crippen molar-refractivity contribution in [1.29, 1.82) is 0 Å². The Hall–Kier alpha value is -0.610. The van der Waals surface area contributed by atoms with Crippen LogP contribution in [0, 0.1) is 11.6 Å². The molecule has 0 aliphatic rings. The third-order valence-electron chi connectivity index (χ3n) is 2.52. The lowest BCUT2D eigenvalue weighted by atomic mass is 10.2. The second kappa shape index (κ2) is 8.48. The maximum Gasteiger partial charge on any atom is 0.159 e. The Morgan fingerprint density at radius 3 is 2.65 bits per heavy atom. The lowest BCUT2D eigenvalue weighted by molar-refractivity contribution is 0.505. The number of hydrogen-bond donors (Lipinski definition) is 1. The molecule has 1 nitrogen and oxygen atoms in total. The first-order chi connectivity index (χ1) is 8.24. The molecular formula is C13H19F2NS. The molecule has 0 bridgehead atoms. The molecule has 0 amide bonds. The Bertz CT molecular complexity index is 331. The van der Waals surface area contributed by atoms with Gasteiger partial charge in [-0.2, -0.15) is 11.8 Å². The van der Waals surface area contributed by atoms with Crippen LogP contribution in [0.2, 0.25) is 0 Å². The van der Waals surface area contributed by atoms with E-state index in [-0.39, 0.29) is 0 Å². The Morgan fingerprint density at radius 1 is 1.12 bits per heavy atom. The Kier molecular flexibility index (Phi) is 7.21. The molecule has 0 fully saturated rings. The van der Waals surface area contributed by atoms with Gasteiger partial charge in [-0.3, -0.25) is 0 Å². The molecular weight excluding hydrogens is 240 g/mol. The van der Waals surface area contributed by atoms with Crippen LogP contribution in [0.25, 0.3) is 0 Å². The summed E-state index contributed by atoms with van der Waals surface area (Å²) in [6.07, 6.45) is 5.70. The summed E-state index contributed by atoms with van der Waals surface area (Å²) in [5.74, 6) is -0.349. The number of hydrogen-bond acceptors (Lipinski definition) is 2. The largest absolute Gasteiger partial charge is 0.313 e. The van der Waals surface area contributed by atoms with Crippen molar-refractivity contribution < 1.29 is 8.78 Å². The van der Waals surface area contributed by atoms with Crippen LogP contribution in [-0.4, -0.2) is 18.6 Å². The van der Waals surface area contributed by atoms with Crippen molar-refractivity contribution in [2.24, 2.45) is 0 Å². The van der Waals surface area contributed by atoms with E-state index in [0.29, 0.717) is 6.54 Å². The van der Waals surface area contributed by atoms with Crippen molar-refractivity contribution in [3.63, 3.8) is 0 Å². The van der Waals surface area contributed by atoms with Crippen LogP contribution < -0.4 is 5.32 Å². The predicted molar refractivity (Wildman–Crippen MR) is 70.3 cm³/mol. The topological polar surface area (TPSA) is 12.0 Å².